The normalized spacial score (nSPS) is 23.4. The molecule has 2 aromatic rings. The lowest BCUT2D eigenvalue weighted by Crippen LogP contribution is -2.26. The zero-order valence-electron chi connectivity index (χ0n) is 9.90. The maximum atomic E-state index is 11.2. The number of rotatable bonds is 1. The van der Waals surface area contributed by atoms with Crippen LogP contribution < -0.4 is 0 Å². The van der Waals surface area contributed by atoms with E-state index in [-0.39, 0.29) is 0 Å². The number of fused-ring (bicyclic) bond motifs is 1. The lowest BCUT2D eigenvalue weighted by atomic mass is 9.87. The van der Waals surface area contributed by atoms with Gasteiger partial charge >= 0.3 is 0 Å². The van der Waals surface area contributed by atoms with E-state index in [1.54, 1.807) is 5.51 Å². The number of benzene rings is 1. The van der Waals surface area contributed by atoms with Gasteiger partial charge in [-0.15, -0.1) is 11.3 Å². The molecule has 0 aliphatic heterocycles. The van der Waals surface area contributed by atoms with Gasteiger partial charge in [0, 0.05) is 0 Å². The molecule has 0 bridgehead atoms. The number of aliphatic hydroxyl groups is 1. The molecule has 0 saturated carbocycles. The molecule has 1 heterocycles. The van der Waals surface area contributed by atoms with Crippen LogP contribution in [0, 0.1) is 0 Å². The minimum absolute atomic E-state index is 0.769. The van der Waals surface area contributed by atoms with Crippen molar-refractivity contribution < 1.29 is 5.11 Å². The quantitative estimate of drug-likeness (QED) is 0.808. The van der Waals surface area contributed by atoms with Gasteiger partial charge in [0.15, 0.2) is 0 Å². The van der Waals surface area contributed by atoms with Crippen LogP contribution >= 0.6 is 27.3 Å². The van der Waals surface area contributed by atoms with E-state index in [4.69, 9.17) is 0 Å². The van der Waals surface area contributed by atoms with Crippen LogP contribution in [0.2, 0.25) is 0 Å². The molecule has 1 aromatic carbocycles. The second-order valence-corrected chi connectivity index (χ2v) is 6.30. The third kappa shape index (κ3) is 1.92. The highest BCUT2D eigenvalue weighted by molar-refractivity contribution is 9.10. The van der Waals surface area contributed by atoms with Crippen LogP contribution in [0.4, 0.5) is 0 Å². The summed E-state index contributed by atoms with van der Waals surface area (Å²) < 4.78 is 0.770. The van der Waals surface area contributed by atoms with E-state index in [1.807, 2.05) is 18.2 Å². The standard InChI is InChI=1S/C14H14BrNOS/c15-13-12(18-9-16-13)14(17)8-4-3-6-10-5-1-2-7-11(10)14/h1-2,5,7,9,17H,3-4,6,8H2. The Hall–Kier alpha value is -0.710. The number of hydrogen-bond donors (Lipinski definition) is 1. The van der Waals surface area contributed by atoms with E-state index in [2.05, 4.69) is 27.0 Å². The predicted octanol–water partition coefficient (Wildman–Crippen LogP) is 3.87. The zero-order valence-corrected chi connectivity index (χ0v) is 12.3. The van der Waals surface area contributed by atoms with Crippen molar-refractivity contribution in [3.63, 3.8) is 0 Å². The molecule has 1 aromatic heterocycles. The highest BCUT2D eigenvalue weighted by Crippen LogP contribution is 2.43. The molecule has 1 aliphatic carbocycles. The molecule has 2 nitrogen and oxygen atoms in total. The summed E-state index contributed by atoms with van der Waals surface area (Å²) in [6, 6.07) is 8.23. The van der Waals surface area contributed by atoms with Crippen LogP contribution in [0.15, 0.2) is 34.4 Å². The maximum absolute atomic E-state index is 11.2. The summed E-state index contributed by atoms with van der Waals surface area (Å²) in [6.45, 7) is 0. The largest absolute Gasteiger partial charge is 0.379 e. The predicted molar refractivity (Wildman–Crippen MR) is 76.8 cm³/mol. The van der Waals surface area contributed by atoms with Crippen LogP contribution in [0.25, 0.3) is 0 Å². The van der Waals surface area contributed by atoms with Crippen molar-refractivity contribution in [2.45, 2.75) is 31.3 Å². The Morgan fingerprint density at radius 3 is 2.89 bits per heavy atom. The molecule has 18 heavy (non-hydrogen) atoms. The SMILES string of the molecule is OC1(c2scnc2Br)CCCCc2ccccc21. The Labute approximate surface area is 119 Å². The minimum atomic E-state index is -0.882. The van der Waals surface area contributed by atoms with E-state index in [9.17, 15) is 5.11 Å². The summed E-state index contributed by atoms with van der Waals surface area (Å²) in [5, 5.41) is 11.2. The van der Waals surface area contributed by atoms with Gasteiger partial charge in [0.2, 0.25) is 0 Å². The van der Waals surface area contributed by atoms with Gasteiger partial charge in [-0.25, -0.2) is 4.98 Å². The Morgan fingerprint density at radius 1 is 1.28 bits per heavy atom. The molecular formula is C14H14BrNOS. The number of thiazole rings is 1. The first-order chi connectivity index (χ1) is 8.72. The van der Waals surface area contributed by atoms with Crippen molar-refractivity contribution in [2.75, 3.05) is 0 Å². The van der Waals surface area contributed by atoms with Crippen LogP contribution in [0.3, 0.4) is 0 Å². The number of halogens is 1. The van der Waals surface area contributed by atoms with E-state index >= 15 is 0 Å². The van der Waals surface area contributed by atoms with Gasteiger partial charge < -0.3 is 5.11 Å². The van der Waals surface area contributed by atoms with Crippen LogP contribution in [0.1, 0.15) is 35.3 Å². The summed E-state index contributed by atoms with van der Waals surface area (Å²) in [6.07, 6.45) is 3.99. The monoisotopic (exact) mass is 323 g/mol. The topological polar surface area (TPSA) is 33.1 Å². The van der Waals surface area contributed by atoms with Crippen LogP contribution in [0.5, 0.6) is 0 Å². The Bertz CT molecular complexity index is 568. The molecule has 3 rings (SSSR count). The summed E-state index contributed by atoms with van der Waals surface area (Å²) in [5.74, 6) is 0. The summed E-state index contributed by atoms with van der Waals surface area (Å²) in [4.78, 5) is 5.14. The van der Waals surface area contributed by atoms with Gasteiger partial charge in [-0.2, -0.15) is 0 Å². The smallest absolute Gasteiger partial charge is 0.127 e. The highest BCUT2D eigenvalue weighted by Gasteiger charge is 2.37. The van der Waals surface area contributed by atoms with Gasteiger partial charge in [0.05, 0.1) is 10.4 Å². The van der Waals surface area contributed by atoms with Crippen molar-refractivity contribution in [1.82, 2.24) is 4.98 Å². The molecule has 1 unspecified atom stereocenters. The van der Waals surface area contributed by atoms with Gasteiger partial charge in [-0.1, -0.05) is 24.3 Å². The van der Waals surface area contributed by atoms with Gasteiger partial charge in [0.25, 0.3) is 0 Å². The van der Waals surface area contributed by atoms with Crippen molar-refractivity contribution in [3.8, 4) is 0 Å². The molecule has 0 spiro atoms. The first-order valence-corrected chi connectivity index (χ1v) is 7.79. The second kappa shape index (κ2) is 4.76. The highest BCUT2D eigenvalue weighted by atomic mass is 79.9. The number of aryl methyl sites for hydroxylation is 1. The third-order valence-corrected chi connectivity index (χ3v) is 5.44. The number of nitrogens with zero attached hydrogens (tertiary/aromatic N) is 1. The molecule has 1 N–H and O–H groups in total. The van der Waals surface area contributed by atoms with Gasteiger partial charge in [-0.3, -0.25) is 0 Å². The first kappa shape index (κ1) is 12.3. The molecule has 0 fully saturated rings. The zero-order chi connectivity index (χ0) is 12.6. The Balaban J connectivity index is 2.19. The van der Waals surface area contributed by atoms with Crippen molar-refractivity contribution >= 4 is 27.3 Å². The fraction of sp³-hybridized carbons (Fsp3) is 0.357. The molecular weight excluding hydrogens is 310 g/mol. The van der Waals surface area contributed by atoms with Gasteiger partial charge in [-0.05, 0) is 52.7 Å². The van der Waals surface area contributed by atoms with E-state index in [0.717, 1.165) is 40.7 Å². The van der Waals surface area contributed by atoms with Crippen molar-refractivity contribution in [2.24, 2.45) is 0 Å². The molecule has 4 heteroatoms. The number of hydrogen-bond acceptors (Lipinski definition) is 3. The summed E-state index contributed by atoms with van der Waals surface area (Å²) >= 11 is 4.97. The molecule has 0 amide bonds. The van der Waals surface area contributed by atoms with Crippen molar-refractivity contribution in [3.05, 3.63) is 50.4 Å². The van der Waals surface area contributed by atoms with Crippen LogP contribution in [-0.4, -0.2) is 10.1 Å². The average Bonchev–Trinajstić information content (AvgIpc) is 2.74. The first-order valence-electron chi connectivity index (χ1n) is 6.12. The van der Waals surface area contributed by atoms with Crippen molar-refractivity contribution in [1.29, 1.82) is 0 Å². The average molecular weight is 324 g/mol. The Morgan fingerprint density at radius 2 is 2.11 bits per heavy atom. The minimum Gasteiger partial charge on any atom is -0.379 e. The fourth-order valence-electron chi connectivity index (χ4n) is 2.71. The number of aromatic nitrogens is 1. The van der Waals surface area contributed by atoms with E-state index in [0.29, 0.717) is 0 Å². The fourth-order valence-corrected chi connectivity index (χ4v) is 4.38. The molecule has 0 radical (unpaired) electrons. The van der Waals surface area contributed by atoms with E-state index in [1.165, 1.54) is 16.9 Å². The lowest BCUT2D eigenvalue weighted by molar-refractivity contribution is 0.0733. The molecule has 1 aliphatic rings. The summed E-state index contributed by atoms with van der Waals surface area (Å²) in [5.41, 5.74) is 3.21. The second-order valence-electron chi connectivity index (χ2n) is 4.70. The lowest BCUT2D eigenvalue weighted by Gasteiger charge is -2.28. The maximum Gasteiger partial charge on any atom is 0.127 e. The summed E-state index contributed by atoms with van der Waals surface area (Å²) in [7, 11) is 0. The van der Waals surface area contributed by atoms with E-state index < -0.39 is 5.60 Å². The van der Waals surface area contributed by atoms with Crippen LogP contribution in [-0.2, 0) is 12.0 Å². The Kier molecular flexibility index (Phi) is 3.26. The third-order valence-electron chi connectivity index (χ3n) is 3.60. The molecule has 0 saturated heterocycles. The molecule has 94 valence electrons. The molecule has 1 atom stereocenters. The van der Waals surface area contributed by atoms with Gasteiger partial charge in [0.1, 0.15) is 10.2 Å².